The molecule has 4 nitrogen and oxygen atoms in total. The number of aromatic nitrogens is 2. The largest absolute Gasteiger partial charge is 0.373 e. The highest BCUT2D eigenvalue weighted by Gasteiger charge is 2.28. The molecule has 0 radical (unpaired) electrons. The minimum Gasteiger partial charge on any atom is -0.373 e. The molecule has 102 valence electrons. The van der Waals surface area contributed by atoms with E-state index in [1.54, 1.807) is 17.7 Å². The van der Waals surface area contributed by atoms with Gasteiger partial charge < -0.3 is 9.64 Å². The molecular weight excluding hydrogens is 282 g/mol. The normalized spacial score (nSPS) is 24.1. The second kappa shape index (κ2) is 5.23. The lowest BCUT2D eigenvalue weighted by Crippen LogP contribution is -2.49. The third-order valence-corrected chi connectivity index (χ3v) is 4.68. The Morgan fingerprint density at radius 3 is 3.16 bits per heavy atom. The van der Waals surface area contributed by atoms with Crippen LogP contribution in [0.25, 0.3) is 10.2 Å². The molecule has 2 aromatic rings. The van der Waals surface area contributed by atoms with Crippen molar-refractivity contribution in [3.63, 3.8) is 0 Å². The van der Waals surface area contributed by atoms with Crippen molar-refractivity contribution in [3.05, 3.63) is 17.3 Å². The molecule has 3 rings (SSSR count). The van der Waals surface area contributed by atoms with Crippen LogP contribution in [-0.4, -0.2) is 41.1 Å². The van der Waals surface area contributed by atoms with Gasteiger partial charge in [0.15, 0.2) is 0 Å². The summed E-state index contributed by atoms with van der Waals surface area (Å²) in [7, 11) is 0. The van der Waals surface area contributed by atoms with Gasteiger partial charge >= 0.3 is 0 Å². The van der Waals surface area contributed by atoms with Crippen molar-refractivity contribution in [2.45, 2.75) is 26.0 Å². The van der Waals surface area contributed by atoms with E-state index in [4.69, 9.17) is 16.3 Å². The SMILES string of the molecule is Cc1cc2c(N3CC(CCl)OCC3C)ncnc2s1. The summed E-state index contributed by atoms with van der Waals surface area (Å²) < 4.78 is 5.69. The number of nitrogens with zero attached hydrogens (tertiary/aromatic N) is 3. The summed E-state index contributed by atoms with van der Waals surface area (Å²) in [5.41, 5.74) is 0. The van der Waals surface area contributed by atoms with Crippen molar-refractivity contribution in [3.8, 4) is 0 Å². The molecule has 19 heavy (non-hydrogen) atoms. The molecule has 0 aliphatic carbocycles. The molecule has 1 fully saturated rings. The molecule has 3 heterocycles. The second-order valence-electron chi connectivity index (χ2n) is 4.88. The van der Waals surface area contributed by atoms with E-state index in [-0.39, 0.29) is 6.10 Å². The molecule has 2 aromatic heterocycles. The van der Waals surface area contributed by atoms with Gasteiger partial charge in [0.25, 0.3) is 0 Å². The van der Waals surface area contributed by atoms with Gasteiger partial charge in [-0.25, -0.2) is 9.97 Å². The second-order valence-corrected chi connectivity index (χ2v) is 6.43. The Kier molecular flexibility index (Phi) is 3.60. The highest BCUT2D eigenvalue weighted by molar-refractivity contribution is 7.18. The fraction of sp³-hybridized carbons (Fsp3) is 0.538. The molecule has 0 N–H and O–H groups in total. The molecule has 0 bridgehead atoms. The Bertz CT molecular complexity index is 588. The smallest absolute Gasteiger partial charge is 0.141 e. The van der Waals surface area contributed by atoms with E-state index in [1.807, 2.05) is 0 Å². The number of aryl methyl sites for hydroxylation is 1. The summed E-state index contributed by atoms with van der Waals surface area (Å²) in [6, 6.07) is 2.46. The van der Waals surface area contributed by atoms with Crippen LogP contribution in [-0.2, 0) is 4.74 Å². The standard InChI is InChI=1S/C13H16ClN3OS/c1-8-6-18-10(4-14)5-17(8)12-11-3-9(2)19-13(11)16-7-15-12/h3,7-8,10H,4-6H2,1-2H3. The quantitative estimate of drug-likeness (QED) is 0.799. The van der Waals surface area contributed by atoms with Gasteiger partial charge in [0.1, 0.15) is 17.0 Å². The van der Waals surface area contributed by atoms with E-state index in [2.05, 4.69) is 34.8 Å². The van der Waals surface area contributed by atoms with E-state index >= 15 is 0 Å². The molecule has 0 amide bonds. The molecule has 0 aromatic carbocycles. The first-order valence-corrected chi connectivity index (χ1v) is 7.69. The average Bonchev–Trinajstić information content (AvgIpc) is 2.79. The summed E-state index contributed by atoms with van der Waals surface area (Å²) in [6.45, 7) is 5.72. The monoisotopic (exact) mass is 297 g/mol. The van der Waals surface area contributed by atoms with Gasteiger partial charge in [0, 0.05) is 11.4 Å². The maximum Gasteiger partial charge on any atom is 0.141 e. The first-order chi connectivity index (χ1) is 9.19. The van der Waals surface area contributed by atoms with Gasteiger partial charge in [0.05, 0.1) is 30.0 Å². The number of alkyl halides is 1. The van der Waals surface area contributed by atoms with Crippen LogP contribution in [0.1, 0.15) is 11.8 Å². The molecule has 1 aliphatic rings. The maximum atomic E-state index is 5.92. The topological polar surface area (TPSA) is 38.2 Å². The summed E-state index contributed by atoms with van der Waals surface area (Å²) in [6.07, 6.45) is 1.72. The van der Waals surface area contributed by atoms with Gasteiger partial charge in [-0.3, -0.25) is 0 Å². The maximum absolute atomic E-state index is 5.92. The van der Waals surface area contributed by atoms with Crippen molar-refractivity contribution in [1.29, 1.82) is 0 Å². The van der Waals surface area contributed by atoms with E-state index in [9.17, 15) is 0 Å². The van der Waals surface area contributed by atoms with Crippen molar-refractivity contribution in [2.75, 3.05) is 23.9 Å². The van der Waals surface area contributed by atoms with Crippen LogP contribution in [0.15, 0.2) is 12.4 Å². The van der Waals surface area contributed by atoms with Crippen molar-refractivity contribution >= 4 is 39.0 Å². The third-order valence-electron chi connectivity index (χ3n) is 3.38. The Balaban J connectivity index is 2.02. The average molecular weight is 298 g/mol. The number of rotatable bonds is 2. The molecule has 0 spiro atoms. The predicted molar refractivity (Wildman–Crippen MR) is 79.4 cm³/mol. The lowest BCUT2D eigenvalue weighted by molar-refractivity contribution is 0.0362. The summed E-state index contributed by atoms with van der Waals surface area (Å²) >= 11 is 7.62. The van der Waals surface area contributed by atoms with Gasteiger partial charge in [-0.15, -0.1) is 22.9 Å². The minimum atomic E-state index is 0.0719. The van der Waals surface area contributed by atoms with Gasteiger partial charge in [-0.05, 0) is 19.9 Å². The fourth-order valence-electron chi connectivity index (χ4n) is 2.40. The number of anilines is 1. The van der Waals surface area contributed by atoms with Crippen LogP contribution >= 0.6 is 22.9 Å². The number of hydrogen-bond acceptors (Lipinski definition) is 5. The van der Waals surface area contributed by atoms with Crippen LogP contribution in [0.4, 0.5) is 5.82 Å². The molecule has 0 saturated carbocycles. The lowest BCUT2D eigenvalue weighted by atomic mass is 10.2. The van der Waals surface area contributed by atoms with E-state index in [0.717, 1.165) is 22.6 Å². The molecule has 1 saturated heterocycles. The number of hydrogen-bond donors (Lipinski definition) is 0. The number of thiophene rings is 1. The molecule has 2 atom stereocenters. The van der Waals surface area contributed by atoms with Crippen LogP contribution in [0.2, 0.25) is 0 Å². The first-order valence-electron chi connectivity index (χ1n) is 6.34. The minimum absolute atomic E-state index is 0.0719. The first kappa shape index (κ1) is 13.1. The Hall–Kier alpha value is -0.910. The summed E-state index contributed by atoms with van der Waals surface area (Å²) in [5.74, 6) is 1.51. The fourth-order valence-corrected chi connectivity index (χ4v) is 3.43. The lowest BCUT2D eigenvalue weighted by Gasteiger charge is -2.38. The van der Waals surface area contributed by atoms with Gasteiger partial charge in [-0.1, -0.05) is 0 Å². The van der Waals surface area contributed by atoms with Crippen LogP contribution < -0.4 is 4.90 Å². The summed E-state index contributed by atoms with van der Waals surface area (Å²) in [5, 5.41) is 1.13. The highest BCUT2D eigenvalue weighted by Crippen LogP contribution is 2.31. The van der Waals surface area contributed by atoms with Crippen LogP contribution in [0.3, 0.4) is 0 Å². The zero-order valence-corrected chi connectivity index (χ0v) is 12.5. The van der Waals surface area contributed by atoms with Crippen molar-refractivity contribution in [1.82, 2.24) is 9.97 Å². The van der Waals surface area contributed by atoms with Crippen molar-refractivity contribution < 1.29 is 4.74 Å². The molecule has 6 heteroatoms. The highest BCUT2D eigenvalue weighted by atomic mass is 35.5. The Labute approximate surface area is 121 Å². The van der Waals surface area contributed by atoms with Crippen LogP contribution in [0, 0.1) is 6.92 Å². The van der Waals surface area contributed by atoms with E-state index in [0.29, 0.717) is 18.5 Å². The number of ether oxygens (including phenoxy) is 1. The number of halogens is 1. The number of morpholine rings is 1. The molecule has 1 aliphatic heterocycles. The zero-order chi connectivity index (χ0) is 13.4. The van der Waals surface area contributed by atoms with Crippen molar-refractivity contribution in [2.24, 2.45) is 0 Å². The van der Waals surface area contributed by atoms with E-state index < -0.39 is 0 Å². The number of fused-ring (bicyclic) bond motifs is 1. The Morgan fingerprint density at radius 1 is 1.53 bits per heavy atom. The van der Waals surface area contributed by atoms with E-state index in [1.165, 1.54) is 4.88 Å². The summed E-state index contributed by atoms with van der Waals surface area (Å²) in [4.78, 5) is 13.4. The Morgan fingerprint density at radius 2 is 2.37 bits per heavy atom. The zero-order valence-electron chi connectivity index (χ0n) is 11.0. The van der Waals surface area contributed by atoms with Crippen LogP contribution in [0.5, 0.6) is 0 Å². The molecular formula is C13H16ClN3OS. The van der Waals surface area contributed by atoms with Gasteiger partial charge in [-0.2, -0.15) is 0 Å². The van der Waals surface area contributed by atoms with Gasteiger partial charge in [0.2, 0.25) is 0 Å². The molecule has 2 unspecified atom stereocenters. The third kappa shape index (κ3) is 2.42. The predicted octanol–water partition coefficient (Wildman–Crippen LogP) is 2.83.